The lowest BCUT2D eigenvalue weighted by Crippen LogP contribution is -2.20. The van der Waals surface area contributed by atoms with Crippen molar-refractivity contribution < 1.29 is 19.1 Å². The van der Waals surface area contributed by atoms with Crippen molar-refractivity contribution in [2.75, 3.05) is 11.9 Å². The summed E-state index contributed by atoms with van der Waals surface area (Å²) in [6, 6.07) is 12.5. The summed E-state index contributed by atoms with van der Waals surface area (Å²) in [4.78, 5) is 23.3. The maximum absolute atomic E-state index is 12.0. The van der Waals surface area contributed by atoms with Gasteiger partial charge in [0, 0.05) is 18.2 Å². The number of esters is 1. The molecule has 126 valence electrons. The van der Waals surface area contributed by atoms with Crippen LogP contribution in [0.15, 0.2) is 42.5 Å². The standard InChI is InChI=1S/C19H21NO4/c1-4-19(22)24-16-7-5-6-15(11-16)20-18(21)12-23-17-9-13(2)8-14(3)10-17/h5-11H,4,12H2,1-3H3,(H,20,21). The van der Waals surface area contributed by atoms with Crippen LogP contribution >= 0.6 is 0 Å². The van der Waals surface area contributed by atoms with E-state index in [1.807, 2.05) is 32.0 Å². The number of nitrogens with one attached hydrogen (secondary N) is 1. The summed E-state index contributed by atoms with van der Waals surface area (Å²) in [6.45, 7) is 5.58. The number of aryl methyl sites for hydroxylation is 2. The minimum absolute atomic E-state index is 0.0954. The quantitative estimate of drug-likeness (QED) is 0.650. The van der Waals surface area contributed by atoms with E-state index >= 15 is 0 Å². The number of ether oxygens (including phenoxy) is 2. The van der Waals surface area contributed by atoms with Crippen LogP contribution in [0.2, 0.25) is 0 Å². The highest BCUT2D eigenvalue weighted by atomic mass is 16.5. The molecule has 2 rings (SSSR count). The fourth-order valence-corrected chi connectivity index (χ4v) is 2.20. The molecule has 0 fully saturated rings. The average molecular weight is 327 g/mol. The van der Waals surface area contributed by atoms with Crippen molar-refractivity contribution in [2.45, 2.75) is 27.2 Å². The van der Waals surface area contributed by atoms with Gasteiger partial charge in [-0.05, 0) is 49.2 Å². The third-order valence-corrected chi connectivity index (χ3v) is 3.20. The molecular formula is C19H21NO4. The Balaban J connectivity index is 1.92. The second kappa shape index (κ2) is 8.15. The van der Waals surface area contributed by atoms with Crippen molar-refractivity contribution >= 4 is 17.6 Å². The summed E-state index contributed by atoms with van der Waals surface area (Å²) in [5.41, 5.74) is 2.71. The molecule has 0 heterocycles. The van der Waals surface area contributed by atoms with E-state index in [-0.39, 0.29) is 18.5 Å². The second-order valence-corrected chi connectivity index (χ2v) is 5.52. The van der Waals surface area contributed by atoms with Gasteiger partial charge in [-0.2, -0.15) is 0 Å². The van der Waals surface area contributed by atoms with Crippen molar-refractivity contribution in [3.05, 3.63) is 53.6 Å². The van der Waals surface area contributed by atoms with Crippen molar-refractivity contribution in [1.82, 2.24) is 0 Å². The van der Waals surface area contributed by atoms with E-state index in [1.165, 1.54) is 0 Å². The van der Waals surface area contributed by atoms with Gasteiger partial charge in [-0.1, -0.05) is 19.1 Å². The highest BCUT2D eigenvalue weighted by Gasteiger charge is 2.07. The minimum atomic E-state index is -0.323. The Kier molecular flexibility index (Phi) is 5.95. The van der Waals surface area contributed by atoms with Crippen LogP contribution in [-0.2, 0) is 9.59 Å². The zero-order chi connectivity index (χ0) is 17.5. The van der Waals surface area contributed by atoms with Crippen LogP contribution in [0, 0.1) is 13.8 Å². The molecular weight excluding hydrogens is 306 g/mol. The first kappa shape index (κ1) is 17.5. The number of rotatable bonds is 6. The van der Waals surface area contributed by atoms with Crippen LogP contribution in [0.1, 0.15) is 24.5 Å². The predicted octanol–water partition coefficient (Wildman–Crippen LogP) is 3.64. The molecule has 5 heteroatoms. The van der Waals surface area contributed by atoms with E-state index in [9.17, 15) is 9.59 Å². The Morgan fingerprint density at radius 3 is 2.38 bits per heavy atom. The third-order valence-electron chi connectivity index (χ3n) is 3.20. The fourth-order valence-electron chi connectivity index (χ4n) is 2.20. The zero-order valence-electron chi connectivity index (χ0n) is 14.1. The third kappa shape index (κ3) is 5.43. The van der Waals surface area contributed by atoms with Gasteiger partial charge in [-0.15, -0.1) is 0 Å². The minimum Gasteiger partial charge on any atom is -0.484 e. The monoisotopic (exact) mass is 327 g/mol. The number of carbonyl (C=O) groups is 2. The van der Waals surface area contributed by atoms with Gasteiger partial charge in [0.05, 0.1) is 0 Å². The first-order valence-electron chi connectivity index (χ1n) is 7.78. The number of anilines is 1. The Bertz CT molecular complexity index is 720. The molecule has 1 amide bonds. The van der Waals surface area contributed by atoms with Crippen LogP contribution in [0.3, 0.4) is 0 Å². The van der Waals surface area contributed by atoms with Gasteiger partial charge < -0.3 is 14.8 Å². The molecule has 24 heavy (non-hydrogen) atoms. The van der Waals surface area contributed by atoms with Gasteiger partial charge in [-0.25, -0.2) is 0 Å². The summed E-state index contributed by atoms with van der Waals surface area (Å²) >= 11 is 0. The van der Waals surface area contributed by atoms with Gasteiger partial charge in [0.25, 0.3) is 5.91 Å². The first-order valence-corrected chi connectivity index (χ1v) is 7.78. The number of benzene rings is 2. The Hall–Kier alpha value is -2.82. The fraction of sp³-hybridized carbons (Fsp3) is 0.263. The first-order chi connectivity index (χ1) is 11.5. The number of amides is 1. The van der Waals surface area contributed by atoms with Crippen LogP contribution in [-0.4, -0.2) is 18.5 Å². The molecule has 0 spiro atoms. The van der Waals surface area contributed by atoms with Crippen LogP contribution < -0.4 is 14.8 Å². The van der Waals surface area contributed by atoms with E-state index in [4.69, 9.17) is 9.47 Å². The van der Waals surface area contributed by atoms with Crippen molar-refractivity contribution in [3.63, 3.8) is 0 Å². The van der Waals surface area contributed by atoms with E-state index in [1.54, 1.807) is 31.2 Å². The van der Waals surface area contributed by atoms with Crippen molar-refractivity contribution in [2.24, 2.45) is 0 Å². The summed E-state index contributed by atoms with van der Waals surface area (Å²) < 4.78 is 10.6. The van der Waals surface area contributed by atoms with Gasteiger partial charge in [0.15, 0.2) is 6.61 Å². The lowest BCUT2D eigenvalue weighted by molar-refractivity contribution is -0.134. The van der Waals surface area contributed by atoms with Gasteiger partial charge in [0.2, 0.25) is 0 Å². The molecule has 0 atom stereocenters. The Morgan fingerprint density at radius 1 is 1.00 bits per heavy atom. The summed E-state index contributed by atoms with van der Waals surface area (Å²) in [5, 5.41) is 2.72. The molecule has 2 aromatic rings. The van der Waals surface area contributed by atoms with E-state index in [0.717, 1.165) is 11.1 Å². The summed E-state index contributed by atoms with van der Waals surface area (Å²) in [7, 11) is 0. The lowest BCUT2D eigenvalue weighted by Gasteiger charge is -2.10. The average Bonchev–Trinajstić information content (AvgIpc) is 2.52. The van der Waals surface area contributed by atoms with Crippen molar-refractivity contribution in [1.29, 1.82) is 0 Å². The van der Waals surface area contributed by atoms with E-state index in [0.29, 0.717) is 23.6 Å². The highest BCUT2D eigenvalue weighted by molar-refractivity contribution is 5.92. The SMILES string of the molecule is CCC(=O)Oc1cccc(NC(=O)COc2cc(C)cc(C)c2)c1. The summed E-state index contributed by atoms with van der Waals surface area (Å²) in [5.74, 6) is 0.452. The molecule has 0 aliphatic rings. The van der Waals surface area contributed by atoms with E-state index in [2.05, 4.69) is 5.32 Å². The van der Waals surface area contributed by atoms with Crippen molar-refractivity contribution in [3.8, 4) is 11.5 Å². The largest absolute Gasteiger partial charge is 0.484 e. The molecule has 1 N–H and O–H groups in total. The molecule has 5 nitrogen and oxygen atoms in total. The molecule has 0 saturated carbocycles. The molecule has 2 aromatic carbocycles. The molecule has 0 bridgehead atoms. The Labute approximate surface area is 141 Å². The Morgan fingerprint density at radius 2 is 1.71 bits per heavy atom. The second-order valence-electron chi connectivity index (χ2n) is 5.52. The highest BCUT2D eigenvalue weighted by Crippen LogP contribution is 2.19. The molecule has 0 saturated heterocycles. The number of hydrogen-bond donors (Lipinski definition) is 1. The van der Waals surface area contributed by atoms with Crippen LogP contribution in [0.5, 0.6) is 11.5 Å². The lowest BCUT2D eigenvalue weighted by atomic mass is 10.1. The normalized spacial score (nSPS) is 10.1. The topological polar surface area (TPSA) is 64.6 Å². The molecule has 0 aliphatic heterocycles. The van der Waals surface area contributed by atoms with Crippen LogP contribution in [0.25, 0.3) is 0 Å². The maximum Gasteiger partial charge on any atom is 0.310 e. The van der Waals surface area contributed by atoms with Gasteiger partial charge in [-0.3, -0.25) is 9.59 Å². The van der Waals surface area contributed by atoms with E-state index < -0.39 is 0 Å². The molecule has 0 aromatic heterocycles. The zero-order valence-corrected chi connectivity index (χ0v) is 14.1. The molecule has 0 radical (unpaired) electrons. The molecule has 0 aliphatic carbocycles. The summed E-state index contributed by atoms with van der Waals surface area (Å²) in [6.07, 6.45) is 0.292. The molecule has 0 unspecified atom stereocenters. The number of carbonyl (C=O) groups excluding carboxylic acids is 2. The van der Waals surface area contributed by atoms with Crippen LogP contribution in [0.4, 0.5) is 5.69 Å². The number of hydrogen-bond acceptors (Lipinski definition) is 4. The van der Waals surface area contributed by atoms with Gasteiger partial charge >= 0.3 is 5.97 Å². The smallest absolute Gasteiger partial charge is 0.310 e. The maximum atomic E-state index is 12.0. The van der Waals surface area contributed by atoms with Gasteiger partial charge in [0.1, 0.15) is 11.5 Å². The predicted molar refractivity (Wildman–Crippen MR) is 92.4 cm³/mol.